The predicted octanol–water partition coefficient (Wildman–Crippen LogP) is 0.543. The second-order valence-corrected chi connectivity index (χ2v) is 4.37. The number of rotatable bonds is 4. The Bertz CT molecular complexity index is 457. The molecular weight excluding hydrogens is 258 g/mol. The molecule has 0 N–H and O–H groups in total. The fourth-order valence-electron chi connectivity index (χ4n) is 1.23. The molecule has 0 aromatic carbocycles. The summed E-state index contributed by atoms with van der Waals surface area (Å²) in [7, 11) is 0. The molecule has 2 amide bonds. The van der Waals surface area contributed by atoms with E-state index in [1.54, 1.807) is 6.92 Å². The molecule has 0 bridgehead atoms. The quantitative estimate of drug-likeness (QED) is 0.743. The van der Waals surface area contributed by atoms with Crippen LogP contribution in [-0.4, -0.2) is 34.6 Å². The van der Waals surface area contributed by atoms with Gasteiger partial charge in [0, 0.05) is 13.8 Å². The van der Waals surface area contributed by atoms with Crippen LogP contribution in [0, 0.1) is 0 Å². The summed E-state index contributed by atoms with van der Waals surface area (Å²) in [6.07, 6.45) is -0.0187. The maximum atomic E-state index is 11.3. The first-order valence-electron chi connectivity index (χ1n) is 5.25. The van der Waals surface area contributed by atoms with Gasteiger partial charge in [0.15, 0.2) is 0 Å². The highest BCUT2D eigenvalue weighted by molar-refractivity contribution is 7.15. The van der Waals surface area contributed by atoms with Gasteiger partial charge in [-0.15, -0.1) is 10.2 Å². The van der Waals surface area contributed by atoms with Gasteiger partial charge in [0.1, 0.15) is 5.01 Å². The van der Waals surface area contributed by atoms with E-state index in [0.29, 0.717) is 5.01 Å². The molecule has 0 unspecified atom stereocenters. The Morgan fingerprint density at radius 1 is 1.22 bits per heavy atom. The number of ether oxygens (including phenoxy) is 1. The molecule has 1 aromatic rings. The molecule has 1 aromatic heterocycles. The van der Waals surface area contributed by atoms with Crippen molar-refractivity contribution in [1.29, 1.82) is 0 Å². The number of amides is 2. The standard InChI is InChI=1S/C10H13N3O4S/c1-4-17-9(16)5-8-11-12-10(18-8)13(6(2)14)7(3)15/h4-5H2,1-3H3. The molecule has 8 heteroatoms. The van der Waals surface area contributed by atoms with Crippen LogP contribution >= 0.6 is 11.3 Å². The van der Waals surface area contributed by atoms with Crippen LogP contribution in [-0.2, 0) is 25.5 Å². The van der Waals surface area contributed by atoms with Crippen molar-refractivity contribution in [3.8, 4) is 0 Å². The van der Waals surface area contributed by atoms with Crippen LogP contribution in [0.4, 0.5) is 5.13 Å². The van der Waals surface area contributed by atoms with E-state index in [2.05, 4.69) is 10.2 Å². The van der Waals surface area contributed by atoms with Gasteiger partial charge in [-0.2, -0.15) is 0 Å². The third kappa shape index (κ3) is 3.59. The van der Waals surface area contributed by atoms with Gasteiger partial charge in [0.05, 0.1) is 13.0 Å². The average molecular weight is 271 g/mol. The monoisotopic (exact) mass is 271 g/mol. The minimum Gasteiger partial charge on any atom is -0.466 e. The van der Waals surface area contributed by atoms with Gasteiger partial charge in [-0.25, -0.2) is 4.90 Å². The van der Waals surface area contributed by atoms with Crippen molar-refractivity contribution in [3.63, 3.8) is 0 Å². The largest absolute Gasteiger partial charge is 0.466 e. The van der Waals surface area contributed by atoms with Crippen molar-refractivity contribution < 1.29 is 19.1 Å². The number of hydrogen-bond acceptors (Lipinski definition) is 7. The zero-order chi connectivity index (χ0) is 13.7. The molecule has 0 spiro atoms. The number of imide groups is 1. The van der Waals surface area contributed by atoms with E-state index in [1.165, 1.54) is 13.8 Å². The molecule has 18 heavy (non-hydrogen) atoms. The smallest absolute Gasteiger partial charge is 0.312 e. The maximum absolute atomic E-state index is 11.3. The van der Waals surface area contributed by atoms with Crippen LogP contribution < -0.4 is 4.90 Å². The molecule has 0 saturated carbocycles. The summed E-state index contributed by atoms with van der Waals surface area (Å²) in [4.78, 5) is 34.7. The first kappa shape index (κ1) is 14.2. The molecule has 0 aliphatic rings. The van der Waals surface area contributed by atoms with Gasteiger partial charge < -0.3 is 4.74 Å². The van der Waals surface area contributed by atoms with Gasteiger partial charge in [0.2, 0.25) is 16.9 Å². The highest BCUT2D eigenvalue weighted by Gasteiger charge is 2.21. The Kier molecular flexibility index (Phi) is 4.90. The number of esters is 1. The molecule has 1 heterocycles. The average Bonchev–Trinajstić information content (AvgIpc) is 2.65. The third-order valence-electron chi connectivity index (χ3n) is 1.88. The molecule has 0 aliphatic heterocycles. The SMILES string of the molecule is CCOC(=O)Cc1nnc(N(C(C)=O)C(C)=O)s1. The predicted molar refractivity (Wildman–Crippen MR) is 64.1 cm³/mol. The van der Waals surface area contributed by atoms with Crippen LogP contribution in [0.2, 0.25) is 0 Å². The third-order valence-corrected chi connectivity index (χ3v) is 2.79. The van der Waals surface area contributed by atoms with E-state index < -0.39 is 17.8 Å². The number of carbonyl (C=O) groups is 3. The highest BCUT2D eigenvalue weighted by Crippen LogP contribution is 2.21. The second-order valence-electron chi connectivity index (χ2n) is 3.33. The number of anilines is 1. The van der Waals surface area contributed by atoms with Gasteiger partial charge in [0.25, 0.3) is 0 Å². The minimum atomic E-state index is -0.443. The number of hydrogen-bond donors (Lipinski definition) is 0. The molecule has 7 nitrogen and oxygen atoms in total. The molecule has 0 fully saturated rings. The Morgan fingerprint density at radius 3 is 2.33 bits per heavy atom. The van der Waals surface area contributed by atoms with Crippen LogP contribution in [0.3, 0.4) is 0 Å². The summed E-state index contributed by atoms with van der Waals surface area (Å²) in [6.45, 7) is 4.51. The van der Waals surface area contributed by atoms with E-state index >= 15 is 0 Å². The number of nitrogens with zero attached hydrogens (tertiary/aromatic N) is 3. The van der Waals surface area contributed by atoms with Crippen LogP contribution in [0.25, 0.3) is 0 Å². The minimum absolute atomic E-state index is 0.0187. The molecule has 0 atom stereocenters. The van der Waals surface area contributed by atoms with Gasteiger partial charge in [-0.05, 0) is 6.92 Å². The maximum Gasteiger partial charge on any atom is 0.312 e. The summed E-state index contributed by atoms with van der Waals surface area (Å²) in [5, 5.41) is 8.02. The van der Waals surface area contributed by atoms with Crippen molar-refractivity contribution >= 4 is 34.3 Å². The fraction of sp³-hybridized carbons (Fsp3) is 0.500. The second kappa shape index (κ2) is 6.20. The van der Waals surface area contributed by atoms with E-state index in [1.807, 2.05) is 0 Å². The lowest BCUT2D eigenvalue weighted by molar-refractivity contribution is -0.142. The lowest BCUT2D eigenvalue weighted by Crippen LogP contribution is -2.32. The van der Waals surface area contributed by atoms with E-state index in [9.17, 15) is 14.4 Å². The summed E-state index contributed by atoms with van der Waals surface area (Å²) < 4.78 is 4.76. The summed E-state index contributed by atoms with van der Waals surface area (Å²) in [5.41, 5.74) is 0. The van der Waals surface area contributed by atoms with Crippen molar-refractivity contribution in [3.05, 3.63) is 5.01 Å². The topological polar surface area (TPSA) is 89.5 Å². The van der Waals surface area contributed by atoms with Crippen molar-refractivity contribution in [2.45, 2.75) is 27.2 Å². The van der Waals surface area contributed by atoms with E-state index in [-0.39, 0.29) is 18.2 Å². The van der Waals surface area contributed by atoms with Gasteiger partial charge in [-0.3, -0.25) is 14.4 Å². The molecule has 0 saturated heterocycles. The summed E-state index contributed by atoms with van der Waals surface area (Å²) >= 11 is 1.01. The zero-order valence-electron chi connectivity index (χ0n) is 10.3. The normalized spacial score (nSPS) is 9.94. The number of aromatic nitrogens is 2. The van der Waals surface area contributed by atoms with Gasteiger partial charge in [-0.1, -0.05) is 11.3 Å². The highest BCUT2D eigenvalue weighted by atomic mass is 32.1. The van der Waals surface area contributed by atoms with Crippen molar-refractivity contribution in [2.75, 3.05) is 11.5 Å². The first-order valence-corrected chi connectivity index (χ1v) is 6.06. The van der Waals surface area contributed by atoms with Gasteiger partial charge >= 0.3 is 5.97 Å². The van der Waals surface area contributed by atoms with Crippen molar-refractivity contribution in [1.82, 2.24) is 10.2 Å². The molecule has 0 aliphatic carbocycles. The van der Waals surface area contributed by atoms with Crippen LogP contribution in [0.1, 0.15) is 25.8 Å². The lowest BCUT2D eigenvalue weighted by Gasteiger charge is -2.11. The summed E-state index contributed by atoms with van der Waals surface area (Å²) in [5.74, 6) is -1.31. The van der Waals surface area contributed by atoms with Crippen LogP contribution in [0.15, 0.2) is 0 Å². The Morgan fingerprint density at radius 2 is 1.83 bits per heavy atom. The Balaban J connectivity index is 2.82. The lowest BCUT2D eigenvalue weighted by atomic mass is 10.5. The molecule has 1 rings (SSSR count). The Hall–Kier alpha value is -1.83. The zero-order valence-corrected chi connectivity index (χ0v) is 11.1. The molecule has 98 valence electrons. The van der Waals surface area contributed by atoms with Crippen LogP contribution in [0.5, 0.6) is 0 Å². The summed E-state index contributed by atoms with van der Waals surface area (Å²) in [6, 6.07) is 0. The Labute approximate surface area is 108 Å². The molecular formula is C10H13N3O4S. The fourth-order valence-corrected chi connectivity index (χ4v) is 2.15. The number of carbonyl (C=O) groups excluding carboxylic acids is 3. The molecule has 0 radical (unpaired) electrons. The first-order chi connectivity index (χ1) is 8.45. The van der Waals surface area contributed by atoms with E-state index in [4.69, 9.17) is 4.74 Å². The van der Waals surface area contributed by atoms with E-state index in [0.717, 1.165) is 16.2 Å². The van der Waals surface area contributed by atoms with Crippen molar-refractivity contribution in [2.24, 2.45) is 0 Å².